The Hall–Kier alpha value is -1.07. The normalized spacial score (nSPS) is 20.2. The molecule has 104 valence electrons. The molecule has 0 spiro atoms. The number of halogens is 1. The standard InChI is InChI=1S/C14H20BrN3O/c1-18-4-2-3-10(9-18)8-17-14(19)11-5-12(15)7-13(16)6-11/h5-7,10H,2-4,8-9,16H2,1H3,(H,17,19). The molecule has 1 aromatic carbocycles. The smallest absolute Gasteiger partial charge is 0.251 e. The Morgan fingerprint density at radius 3 is 3.00 bits per heavy atom. The molecule has 1 amide bonds. The van der Waals surface area contributed by atoms with Crippen LogP contribution in [0.15, 0.2) is 22.7 Å². The predicted octanol–water partition coefficient (Wildman–Crippen LogP) is 2.10. The molecule has 19 heavy (non-hydrogen) atoms. The molecular formula is C14H20BrN3O. The molecule has 1 saturated heterocycles. The van der Waals surface area contributed by atoms with Gasteiger partial charge in [-0.2, -0.15) is 0 Å². The molecule has 4 nitrogen and oxygen atoms in total. The van der Waals surface area contributed by atoms with E-state index < -0.39 is 0 Å². The molecule has 2 rings (SSSR count). The summed E-state index contributed by atoms with van der Waals surface area (Å²) in [6.07, 6.45) is 2.39. The highest BCUT2D eigenvalue weighted by atomic mass is 79.9. The molecule has 1 aliphatic heterocycles. The number of rotatable bonds is 3. The summed E-state index contributed by atoms with van der Waals surface area (Å²) in [4.78, 5) is 14.4. The van der Waals surface area contributed by atoms with Gasteiger partial charge >= 0.3 is 0 Å². The third kappa shape index (κ3) is 4.21. The van der Waals surface area contributed by atoms with E-state index in [4.69, 9.17) is 5.73 Å². The molecule has 3 N–H and O–H groups in total. The first kappa shape index (κ1) is 14.3. The molecule has 0 saturated carbocycles. The lowest BCUT2D eigenvalue weighted by atomic mass is 9.98. The maximum atomic E-state index is 12.1. The van der Waals surface area contributed by atoms with Gasteiger partial charge in [-0.05, 0) is 50.6 Å². The monoisotopic (exact) mass is 325 g/mol. The first-order valence-corrected chi connectivity index (χ1v) is 7.36. The van der Waals surface area contributed by atoms with Gasteiger partial charge in [0.25, 0.3) is 5.91 Å². The van der Waals surface area contributed by atoms with Gasteiger partial charge in [0.15, 0.2) is 0 Å². The van der Waals surface area contributed by atoms with Crippen LogP contribution in [0.2, 0.25) is 0 Å². The number of carbonyl (C=O) groups excluding carboxylic acids is 1. The molecule has 1 fully saturated rings. The van der Waals surface area contributed by atoms with Crippen molar-refractivity contribution in [3.63, 3.8) is 0 Å². The van der Waals surface area contributed by atoms with Crippen LogP contribution in [0.3, 0.4) is 0 Å². The van der Waals surface area contributed by atoms with Crippen molar-refractivity contribution in [2.24, 2.45) is 5.92 Å². The average molecular weight is 326 g/mol. The number of nitrogens with zero attached hydrogens (tertiary/aromatic N) is 1. The van der Waals surface area contributed by atoms with Crippen molar-refractivity contribution in [2.75, 3.05) is 32.4 Å². The van der Waals surface area contributed by atoms with Crippen LogP contribution in [0.25, 0.3) is 0 Å². The molecule has 1 aliphatic rings. The molecule has 1 unspecified atom stereocenters. The molecule has 0 aromatic heterocycles. The van der Waals surface area contributed by atoms with Crippen LogP contribution >= 0.6 is 15.9 Å². The quantitative estimate of drug-likeness (QED) is 0.837. The van der Waals surface area contributed by atoms with Crippen LogP contribution in [0.5, 0.6) is 0 Å². The second kappa shape index (κ2) is 6.39. The number of benzene rings is 1. The molecule has 1 aromatic rings. The summed E-state index contributed by atoms with van der Waals surface area (Å²) in [6, 6.07) is 5.28. The van der Waals surface area contributed by atoms with E-state index in [1.165, 1.54) is 12.8 Å². The second-order valence-electron chi connectivity index (χ2n) is 5.25. The molecular weight excluding hydrogens is 306 g/mol. The van der Waals surface area contributed by atoms with Crippen LogP contribution in [-0.4, -0.2) is 37.5 Å². The number of anilines is 1. The van der Waals surface area contributed by atoms with Crippen LogP contribution in [-0.2, 0) is 0 Å². The van der Waals surface area contributed by atoms with E-state index in [2.05, 4.69) is 33.2 Å². The van der Waals surface area contributed by atoms with E-state index in [0.717, 1.165) is 24.1 Å². The zero-order valence-electron chi connectivity index (χ0n) is 11.2. The number of amides is 1. The third-order valence-electron chi connectivity index (χ3n) is 3.46. The van der Waals surface area contributed by atoms with Gasteiger partial charge in [0.1, 0.15) is 0 Å². The van der Waals surface area contributed by atoms with Crippen molar-refractivity contribution in [3.8, 4) is 0 Å². The van der Waals surface area contributed by atoms with Gasteiger partial charge in [0.05, 0.1) is 0 Å². The van der Waals surface area contributed by atoms with E-state index >= 15 is 0 Å². The van der Waals surface area contributed by atoms with Gasteiger partial charge < -0.3 is 16.0 Å². The highest BCUT2D eigenvalue weighted by molar-refractivity contribution is 9.10. The number of piperidine rings is 1. The minimum absolute atomic E-state index is 0.0544. The van der Waals surface area contributed by atoms with Crippen LogP contribution in [0, 0.1) is 5.92 Å². The lowest BCUT2D eigenvalue weighted by molar-refractivity contribution is 0.0937. The van der Waals surface area contributed by atoms with Gasteiger partial charge in [0.2, 0.25) is 0 Å². The summed E-state index contributed by atoms with van der Waals surface area (Å²) in [5.74, 6) is 0.494. The average Bonchev–Trinajstić information content (AvgIpc) is 2.35. The zero-order chi connectivity index (χ0) is 13.8. The number of nitrogens with one attached hydrogen (secondary N) is 1. The Balaban J connectivity index is 1.90. The number of hydrogen-bond acceptors (Lipinski definition) is 3. The summed E-state index contributed by atoms with van der Waals surface area (Å²) in [5.41, 5.74) is 6.94. The lowest BCUT2D eigenvalue weighted by Crippen LogP contribution is -2.39. The number of hydrogen-bond donors (Lipinski definition) is 2. The van der Waals surface area contributed by atoms with Crippen molar-refractivity contribution in [2.45, 2.75) is 12.8 Å². The Morgan fingerprint density at radius 2 is 2.32 bits per heavy atom. The van der Waals surface area contributed by atoms with Gasteiger partial charge in [0, 0.05) is 28.8 Å². The molecule has 1 atom stereocenters. The van der Waals surface area contributed by atoms with Crippen molar-refractivity contribution < 1.29 is 4.79 Å². The van der Waals surface area contributed by atoms with E-state index in [9.17, 15) is 4.79 Å². The Bertz CT molecular complexity index is 444. The van der Waals surface area contributed by atoms with Crippen LogP contribution in [0.1, 0.15) is 23.2 Å². The summed E-state index contributed by atoms with van der Waals surface area (Å²) >= 11 is 3.35. The van der Waals surface area contributed by atoms with Crippen molar-refractivity contribution in [1.29, 1.82) is 0 Å². The Labute approximate surface area is 122 Å². The fraction of sp³-hybridized carbons (Fsp3) is 0.500. The van der Waals surface area contributed by atoms with E-state index in [1.54, 1.807) is 18.2 Å². The molecule has 0 radical (unpaired) electrons. The van der Waals surface area contributed by atoms with Crippen molar-refractivity contribution in [3.05, 3.63) is 28.2 Å². The lowest BCUT2D eigenvalue weighted by Gasteiger charge is -2.29. The largest absolute Gasteiger partial charge is 0.399 e. The minimum Gasteiger partial charge on any atom is -0.399 e. The fourth-order valence-electron chi connectivity index (χ4n) is 2.52. The van der Waals surface area contributed by atoms with Gasteiger partial charge in [-0.3, -0.25) is 4.79 Å². The summed E-state index contributed by atoms with van der Waals surface area (Å²) in [7, 11) is 2.13. The maximum absolute atomic E-state index is 12.1. The first-order valence-electron chi connectivity index (χ1n) is 6.57. The minimum atomic E-state index is -0.0544. The Morgan fingerprint density at radius 1 is 1.53 bits per heavy atom. The molecule has 5 heteroatoms. The molecule has 0 bridgehead atoms. The topological polar surface area (TPSA) is 58.4 Å². The van der Waals surface area contributed by atoms with E-state index in [0.29, 0.717) is 17.2 Å². The van der Waals surface area contributed by atoms with Gasteiger partial charge in [-0.15, -0.1) is 0 Å². The van der Waals surface area contributed by atoms with Crippen molar-refractivity contribution >= 4 is 27.5 Å². The zero-order valence-corrected chi connectivity index (χ0v) is 12.7. The molecule has 1 heterocycles. The maximum Gasteiger partial charge on any atom is 0.251 e. The van der Waals surface area contributed by atoms with Crippen molar-refractivity contribution in [1.82, 2.24) is 10.2 Å². The number of likely N-dealkylation sites (tertiary alicyclic amines) is 1. The van der Waals surface area contributed by atoms with Gasteiger partial charge in [-0.25, -0.2) is 0 Å². The number of nitrogens with two attached hydrogens (primary N) is 1. The van der Waals surface area contributed by atoms with E-state index in [1.807, 2.05) is 0 Å². The fourth-order valence-corrected chi connectivity index (χ4v) is 3.03. The SMILES string of the molecule is CN1CCCC(CNC(=O)c2cc(N)cc(Br)c2)C1. The summed E-state index contributed by atoms with van der Waals surface area (Å²) < 4.78 is 0.829. The Kier molecular flexibility index (Phi) is 4.82. The number of carbonyl (C=O) groups is 1. The number of nitrogen functional groups attached to an aromatic ring is 1. The summed E-state index contributed by atoms with van der Waals surface area (Å²) in [5, 5.41) is 3.00. The highest BCUT2D eigenvalue weighted by Crippen LogP contribution is 2.18. The highest BCUT2D eigenvalue weighted by Gasteiger charge is 2.18. The van der Waals surface area contributed by atoms with Crippen LogP contribution in [0.4, 0.5) is 5.69 Å². The van der Waals surface area contributed by atoms with Crippen LogP contribution < -0.4 is 11.1 Å². The summed E-state index contributed by atoms with van der Waals surface area (Å²) in [6.45, 7) is 2.95. The van der Waals surface area contributed by atoms with Gasteiger partial charge in [-0.1, -0.05) is 15.9 Å². The third-order valence-corrected chi connectivity index (χ3v) is 3.91. The first-order chi connectivity index (χ1) is 9.04. The molecule has 0 aliphatic carbocycles. The second-order valence-corrected chi connectivity index (χ2v) is 6.17. The predicted molar refractivity (Wildman–Crippen MR) is 81.1 cm³/mol. The van der Waals surface area contributed by atoms with E-state index in [-0.39, 0.29) is 5.91 Å².